The van der Waals surface area contributed by atoms with Gasteiger partial charge in [0.05, 0.1) is 4.91 Å². The topological polar surface area (TPSA) is 62.6 Å². The fourth-order valence-electron chi connectivity index (χ4n) is 4.45. The van der Waals surface area contributed by atoms with Gasteiger partial charge in [0.15, 0.2) is 0 Å². The highest BCUT2D eigenvalue weighted by Gasteiger charge is 2.34. The van der Waals surface area contributed by atoms with Crippen molar-refractivity contribution < 1.29 is 14.4 Å². The van der Waals surface area contributed by atoms with Crippen LogP contribution in [0.3, 0.4) is 0 Å². The smallest absolute Gasteiger partial charge is 0.293 e. The molecule has 2 aliphatic rings. The second-order valence-electron chi connectivity index (χ2n) is 8.39. The second-order valence-corrected chi connectivity index (χ2v) is 9.38. The first kappa shape index (κ1) is 21.5. The van der Waals surface area contributed by atoms with Gasteiger partial charge in [0.25, 0.3) is 11.1 Å². The predicted octanol–water partition coefficient (Wildman–Crippen LogP) is 4.54. The minimum atomic E-state index is -0.258. The van der Waals surface area contributed by atoms with E-state index in [-0.39, 0.29) is 23.6 Å². The largest absolute Gasteiger partial charge is 0.341 e. The molecule has 0 unspecified atom stereocenters. The number of nitrogens with zero attached hydrogens (tertiary/aromatic N) is 3. The average molecular weight is 460 g/mol. The molecular weight excluding hydrogens is 434 g/mol. The summed E-state index contributed by atoms with van der Waals surface area (Å²) >= 11 is 0.978. The molecule has 5 rings (SSSR count). The van der Waals surface area contributed by atoms with E-state index in [2.05, 4.69) is 0 Å². The number of para-hydroxylation sites is 1. The van der Waals surface area contributed by atoms with Crippen LogP contribution in [0.1, 0.15) is 24.0 Å². The SMILES string of the molecule is O=C(Cn1cc(/C=C2\SC(=O)N(CCc3ccccc3)C2=O)c2ccccc21)N1CCCC1. The van der Waals surface area contributed by atoms with Gasteiger partial charge in [-0.25, -0.2) is 0 Å². The summed E-state index contributed by atoms with van der Waals surface area (Å²) in [6.45, 7) is 2.27. The first-order chi connectivity index (χ1) is 16.1. The maximum Gasteiger partial charge on any atom is 0.293 e. The fourth-order valence-corrected chi connectivity index (χ4v) is 5.31. The Balaban J connectivity index is 1.37. The number of carbonyl (C=O) groups excluding carboxylic acids is 3. The van der Waals surface area contributed by atoms with E-state index in [1.807, 2.05) is 70.3 Å². The number of amides is 3. The lowest BCUT2D eigenvalue weighted by Gasteiger charge is -2.15. The molecule has 2 saturated heterocycles. The molecule has 3 heterocycles. The third kappa shape index (κ3) is 4.46. The number of imide groups is 1. The molecule has 7 heteroatoms. The third-order valence-corrected chi connectivity index (χ3v) is 7.12. The van der Waals surface area contributed by atoms with Gasteiger partial charge in [-0.15, -0.1) is 0 Å². The van der Waals surface area contributed by atoms with Gasteiger partial charge in [0.1, 0.15) is 6.54 Å². The summed E-state index contributed by atoms with van der Waals surface area (Å²) in [5.41, 5.74) is 2.87. The Morgan fingerprint density at radius 3 is 2.48 bits per heavy atom. The number of hydrogen-bond acceptors (Lipinski definition) is 4. The molecule has 2 aliphatic heterocycles. The Kier molecular flexibility index (Phi) is 6.05. The molecule has 2 aromatic carbocycles. The lowest BCUT2D eigenvalue weighted by molar-refractivity contribution is -0.130. The lowest BCUT2D eigenvalue weighted by atomic mass is 10.1. The van der Waals surface area contributed by atoms with Crippen LogP contribution in [0.2, 0.25) is 0 Å². The molecule has 0 saturated carbocycles. The molecule has 33 heavy (non-hydrogen) atoms. The molecule has 3 amide bonds. The Labute approximate surface area is 196 Å². The quantitative estimate of drug-likeness (QED) is 0.508. The lowest BCUT2D eigenvalue weighted by Crippen LogP contribution is -2.30. The first-order valence-corrected chi connectivity index (χ1v) is 12.1. The number of likely N-dealkylation sites (tertiary alicyclic amines) is 1. The zero-order chi connectivity index (χ0) is 22.8. The van der Waals surface area contributed by atoms with Crippen molar-refractivity contribution in [2.75, 3.05) is 19.6 Å². The van der Waals surface area contributed by atoms with Crippen LogP contribution in [0.25, 0.3) is 17.0 Å². The maximum absolute atomic E-state index is 13.0. The van der Waals surface area contributed by atoms with Crippen LogP contribution in [0, 0.1) is 0 Å². The van der Waals surface area contributed by atoms with Gasteiger partial charge in [-0.3, -0.25) is 19.3 Å². The van der Waals surface area contributed by atoms with Crippen molar-refractivity contribution in [3.05, 3.63) is 76.8 Å². The predicted molar refractivity (Wildman–Crippen MR) is 131 cm³/mol. The molecule has 0 radical (unpaired) electrons. The number of carbonyl (C=O) groups is 3. The van der Waals surface area contributed by atoms with Gasteiger partial charge in [0.2, 0.25) is 5.91 Å². The van der Waals surface area contributed by atoms with Crippen LogP contribution in [0.4, 0.5) is 4.79 Å². The number of thioether (sulfide) groups is 1. The van der Waals surface area contributed by atoms with Gasteiger partial charge in [0, 0.05) is 42.3 Å². The normalized spacial score (nSPS) is 17.6. The van der Waals surface area contributed by atoms with Crippen LogP contribution < -0.4 is 0 Å². The molecule has 0 spiro atoms. The van der Waals surface area contributed by atoms with E-state index in [9.17, 15) is 14.4 Å². The van der Waals surface area contributed by atoms with Crippen molar-refractivity contribution in [3.8, 4) is 0 Å². The van der Waals surface area contributed by atoms with Gasteiger partial charge in [-0.2, -0.15) is 0 Å². The molecule has 168 valence electrons. The first-order valence-electron chi connectivity index (χ1n) is 11.2. The molecule has 1 aromatic heterocycles. The van der Waals surface area contributed by atoms with Crippen LogP contribution in [-0.2, 0) is 22.6 Å². The van der Waals surface area contributed by atoms with Crippen molar-refractivity contribution in [2.24, 2.45) is 0 Å². The average Bonchev–Trinajstić information content (AvgIpc) is 3.54. The maximum atomic E-state index is 13.0. The summed E-state index contributed by atoms with van der Waals surface area (Å²) in [6.07, 6.45) is 6.44. The van der Waals surface area contributed by atoms with Crippen LogP contribution >= 0.6 is 11.8 Å². The Hall–Kier alpha value is -3.32. The van der Waals surface area contributed by atoms with Crippen LogP contribution in [0.5, 0.6) is 0 Å². The summed E-state index contributed by atoms with van der Waals surface area (Å²) in [5.74, 6) is -0.146. The number of aromatic nitrogens is 1. The van der Waals surface area contributed by atoms with Crippen molar-refractivity contribution in [1.82, 2.24) is 14.4 Å². The summed E-state index contributed by atoms with van der Waals surface area (Å²) < 4.78 is 1.95. The van der Waals surface area contributed by atoms with E-state index in [0.29, 0.717) is 17.9 Å². The Bertz CT molecular complexity index is 1240. The van der Waals surface area contributed by atoms with Gasteiger partial charge in [-0.05, 0) is 48.7 Å². The number of hydrogen-bond donors (Lipinski definition) is 0. The summed E-state index contributed by atoms with van der Waals surface area (Å²) in [7, 11) is 0. The van der Waals surface area contributed by atoms with Crippen LogP contribution in [-0.4, -0.2) is 51.1 Å². The standard InChI is InChI=1S/C26H25N3O3S/c30-24(27-13-6-7-14-27)18-28-17-20(21-10-4-5-11-22(21)28)16-23-25(31)29(26(32)33-23)15-12-19-8-2-1-3-9-19/h1-5,8-11,16-17H,6-7,12-15,18H2/b23-16-. The fraction of sp³-hybridized carbons (Fsp3) is 0.269. The molecular formula is C26H25N3O3S. The summed E-state index contributed by atoms with van der Waals surface area (Å²) in [6, 6.07) is 17.7. The van der Waals surface area contributed by atoms with Crippen LogP contribution in [0.15, 0.2) is 65.7 Å². The molecule has 2 fully saturated rings. The molecule has 3 aromatic rings. The summed E-state index contributed by atoms with van der Waals surface area (Å²) in [4.78, 5) is 41.9. The van der Waals surface area contributed by atoms with Crippen molar-refractivity contribution in [1.29, 1.82) is 0 Å². The monoisotopic (exact) mass is 459 g/mol. The van der Waals surface area contributed by atoms with E-state index < -0.39 is 0 Å². The van der Waals surface area contributed by atoms with Gasteiger partial charge < -0.3 is 9.47 Å². The highest BCUT2D eigenvalue weighted by atomic mass is 32.2. The van der Waals surface area contributed by atoms with E-state index in [1.54, 1.807) is 6.08 Å². The third-order valence-electron chi connectivity index (χ3n) is 6.21. The van der Waals surface area contributed by atoms with Crippen molar-refractivity contribution >= 4 is 45.8 Å². The van der Waals surface area contributed by atoms with E-state index in [1.165, 1.54) is 4.90 Å². The Morgan fingerprint density at radius 1 is 0.970 bits per heavy atom. The molecule has 0 atom stereocenters. The molecule has 6 nitrogen and oxygen atoms in total. The van der Waals surface area contributed by atoms with E-state index in [4.69, 9.17) is 0 Å². The minimum Gasteiger partial charge on any atom is -0.341 e. The molecule has 0 aliphatic carbocycles. The van der Waals surface area contributed by atoms with Gasteiger partial charge >= 0.3 is 0 Å². The molecule has 0 bridgehead atoms. The highest BCUT2D eigenvalue weighted by molar-refractivity contribution is 8.18. The van der Waals surface area contributed by atoms with E-state index >= 15 is 0 Å². The van der Waals surface area contributed by atoms with E-state index in [0.717, 1.165) is 59.7 Å². The Morgan fingerprint density at radius 2 is 1.70 bits per heavy atom. The van der Waals surface area contributed by atoms with Crippen molar-refractivity contribution in [3.63, 3.8) is 0 Å². The summed E-state index contributed by atoms with van der Waals surface area (Å²) in [5, 5.41) is 0.720. The molecule has 0 N–H and O–H groups in total. The van der Waals surface area contributed by atoms with Crippen molar-refractivity contribution in [2.45, 2.75) is 25.8 Å². The number of fused-ring (bicyclic) bond motifs is 1. The minimum absolute atomic E-state index is 0.112. The van der Waals surface area contributed by atoms with Gasteiger partial charge in [-0.1, -0.05) is 48.5 Å². The zero-order valence-electron chi connectivity index (χ0n) is 18.3. The second kappa shape index (κ2) is 9.27. The highest BCUT2D eigenvalue weighted by Crippen LogP contribution is 2.34. The number of benzene rings is 2. The number of rotatable bonds is 6. The zero-order valence-corrected chi connectivity index (χ0v) is 19.1.